The van der Waals surface area contributed by atoms with Crippen LogP contribution < -0.4 is 31.9 Å². The smallest absolute Gasteiger partial charge is 0.269 e. The third-order valence-corrected chi connectivity index (χ3v) is 6.74. The summed E-state index contributed by atoms with van der Waals surface area (Å²) in [4.78, 5) is 84.4. The summed E-state index contributed by atoms with van der Waals surface area (Å²) < 4.78 is 0. The highest BCUT2D eigenvalue weighted by molar-refractivity contribution is 5.97. The maximum absolute atomic E-state index is 13.2. The lowest BCUT2D eigenvalue weighted by Crippen LogP contribution is -2.55. The lowest BCUT2D eigenvalue weighted by molar-refractivity contribution is -0.384. The van der Waals surface area contributed by atoms with Gasteiger partial charge in [0.05, 0.1) is 4.92 Å². The van der Waals surface area contributed by atoms with Crippen molar-refractivity contribution in [1.29, 1.82) is 0 Å². The molecule has 0 bridgehead atoms. The number of nitro groups is 1. The standard InChI is InChI=1S/C31H41N7O8/c1-19(33-21(3)39)28(41)34-20(2)29(42)37-27(18-23-10-6-5-7-11-23)30(43)32-17-9-8-12-26(35-22(4)40)31(44)36-24-13-15-25(16-14-24)38(45)46/h5-7,10-11,13-16,19-20,26-27H,8-9,12,17-18H2,1-4H3,(H,32,43)(H,33,39)(H,34,41)(H,35,40)(H,36,44)(H,37,42)/t19-,20-,26-,27-/m0/s1. The second kappa shape index (κ2) is 18.5. The number of carbonyl (C=O) groups excluding carboxylic acids is 6. The van der Waals surface area contributed by atoms with E-state index in [1.807, 2.05) is 30.3 Å². The first-order valence-electron chi connectivity index (χ1n) is 14.8. The van der Waals surface area contributed by atoms with Gasteiger partial charge in [-0.05, 0) is 50.8 Å². The van der Waals surface area contributed by atoms with Gasteiger partial charge in [-0.25, -0.2) is 0 Å². The molecule has 0 aliphatic heterocycles. The third kappa shape index (κ3) is 13.1. The molecule has 2 rings (SSSR count). The van der Waals surface area contributed by atoms with E-state index in [4.69, 9.17) is 0 Å². The van der Waals surface area contributed by atoms with Crippen LogP contribution in [0.5, 0.6) is 0 Å². The van der Waals surface area contributed by atoms with Crippen molar-refractivity contribution in [3.05, 3.63) is 70.3 Å². The first-order valence-corrected chi connectivity index (χ1v) is 14.8. The molecule has 2 aromatic carbocycles. The number of amides is 6. The lowest BCUT2D eigenvalue weighted by atomic mass is 10.0. The normalized spacial score (nSPS) is 13.1. The first-order chi connectivity index (χ1) is 21.8. The molecule has 0 saturated carbocycles. The molecule has 6 amide bonds. The van der Waals surface area contributed by atoms with E-state index >= 15 is 0 Å². The molecule has 0 aliphatic carbocycles. The highest BCUT2D eigenvalue weighted by Crippen LogP contribution is 2.16. The maximum Gasteiger partial charge on any atom is 0.269 e. The van der Waals surface area contributed by atoms with Crippen molar-refractivity contribution in [3.8, 4) is 0 Å². The number of benzene rings is 2. The van der Waals surface area contributed by atoms with Crippen LogP contribution >= 0.6 is 0 Å². The number of carbonyl (C=O) groups is 6. The van der Waals surface area contributed by atoms with Crippen LogP contribution in [0.2, 0.25) is 0 Å². The van der Waals surface area contributed by atoms with E-state index in [-0.39, 0.29) is 25.1 Å². The van der Waals surface area contributed by atoms with Crippen LogP contribution in [0.25, 0.3) is 0 Å². The summed E-state index contributed by atoms with van der Waals surface area (Å²) in [6.45, 7) is 5.72. The van der Waals surface area contributed by atoms with Gasteiger partial charge in [0.15, 0.2) is 0 Å². The van der Waals surface area contributed by atoms with Crippen LogP contribution in [-0.4, -0.2) is 71.1 Å². The monoisotopic (exact) mass is 639 g/mol. The highest BCUT2D eigenvalue weighted by Gasteiger charge is 2.26. The van der Waals surface area contributed by atoms with Gasteiger partial charge in [0.2, 0.25) is 35.4 Å². The van der Waals surface area contributed by atoms with Crippen molar-refractivity contribution >= 4 is 46.8 Å². The molecule has 0 fully saturated rings. The Balaban J connectivity index is 1.94. The van der Waals surface area contributed by atoms with Gasteiger partial charge in [-0.15, -0.1) is 0 Å². The average Bonchev–Trinajstić information content (AvgIpc) is 2.99. The second-order valence-corrected chi connectivity index (χ2v) is 10.7. The number of nitro benzene ring substituents is 1. The van der Waals surface area contributed by atoms with Crippen molar-refractivity contribution in [2.45, 2.75) is 77.5 Å². The molecule has 0 aliphatic rings. The minimum atomic E-state index is -0.988. The Morgan fingerprint density at radius 2 is 1.28 bits per heavy atom. The Morgan fingerprint density at radius 1 is 0.696 bits per heavy atom. The fraction of sp³-hybridized carbons (Fsp3) is 0.419. The van der Waals surface area contributed by atoms with Gasteiger partial charge < -0.3 is 31.9 Å². The number of nitrogens with zero attached hydrogens (tertiary/aromatic N) is 1. The maximum atomic E-state index is 13.2. The zero-order chi connectivity index (χ0) is 34.2. The summed E-state index contributed by atoms with van der Waals surface area (Å²) in [6, 6.07) is 10.7. The lowest BCUT2D eigenvalue weighted by Gasteiger charge is -2.22. The molecule has 15 heteroatoms. The Bertz CT molecular complexity index is 1390. The van der Waals surface area contributed by atoms with Crippen LogP contribution in [0.15, 0.2) is 54.6 Å². The number of nitrogens with one attached hydrogen (secondary N) is 6. The van der Waals surface area contributed by atoms with Crippen LogP contribution in [0, 0.1) is 10.1 Å². The molecule has 248 valence electrons. The number of hydrogen-bond donors (Lipinski definition) is 6. The van der Waals surface area contributed by atoms with Crippen molar-refractivity contribution in [1.82, 2.24) is 26.6 Å². The summed E-state index contributed by atoms with van der Waals surface area (Å²) in [5, 5.41) is 26.5. The number of non-ortho nitro benzene ring substituents is 1. The van der Waals surface area contributed by atoms with Gasteiger partial charge in [-0.2, -0.15) is 0 Å². The molecule has 0 unspecified atom stereocenters. The third-order valence-electron chi connectivity index (χ3n) is 6.74. The summed E-state index contributed by atoms with van der Waals surface area (Å²) in [6.07, 6.45) is 1.34. The summed E-state index contributed by atoms with van der Waals surface area (Å²) in [5.74, 6) is -2.89. The van der Waals surface area contributed by atoms with E-state index in [1.165, 1.54) is 52.0 Å². The number of anilines is 1. The fourth-order valence-electron chi connectivity index (χ4n) is 4.35. The number of unbranched alkanes of at least 4 members (excludes halogenated alkanes) is 1. The number of rotatable bonds is 17. The Labute approximate surface area is 266 Å². The summed E-state index contributed by atoms with van der Waals surface area (Å²) >= 11 is 0. The molecular formula is C31H41N7O8. The summed E-state index contributed by atoms with van der Waals surface area (Å²) in [7, 11) is 0. The molecule has 4 atom stereocenters. The Kier molecular flexibility index (Phi) is 14.8. The predicted octanol–water partition coefficient (Wildman–Crippen LogP) is 1.08. The van der Waals surface area contributed by atoms with E-state index < -0.39 is 64.5 Å². The molecule has 15 nitrogen and oxygen atoms in total. The van der Waals surface area contributed by atoms with Crippen molar-refractivity contribution < 1.29 is 33.7 Å². The number of hydrogen-bond acceptors (Lipinski definition) is 8. The molecule has 0 saturated heterocycles. The molecule has 0 spiro atoms. The van der Waals surface area contributed by atoms with Crippen molar-refractivity contribution in [2.24, 2.45) is 0 Å². The Morgan fingerprint density at radius 3 is 1.87 bits per heavy atom. The van der Waals surface area contributed by atoms with E-state index in [9.17, 15) is 38.9 Å². The fourth-order valence-corrected chi connectivity index (χ4v) is 4.35. The first kappa shape index (κ1) is 36.8. The zero-order valence-electron chi connectivity index (χ0n) is 26.3. The minimum absolute atomic E-state index is 0.126. The van der Waals surface area contributed by atoms with E-state index in [2.05, 4.69) is 31.9 Å². The van der Waals surface area contributed by atoms with Crippen molar-refractivity contribution in [3.63, 3.8) is 0 Å². The largest absolute Gasteiger partial charge is 0.354 e. The molecule has 6 N–H and O–H groups in total. The average molecular weight is 640 g/mol. The van der Waals surface area contributed by atoms with Gasteiger partial charge in [-0.1, -0.05) is 30.3 Å². The van der Waals surface area contributed by atoms with E-state index in [1.54, 1.807) is 0 Å². The SMILES string of the molecule is CC(=O)N[C@@H](C)C(=O)N[C@@H](C)C(=O)N[C@@H](Cc1ccccc1)C(=O)NCCCC[C@H](NC(C)=O)C(=O)Nc1ccc([N+](=O)[O-])cc1. The van der Waals surface area contributed by atoms with Crippen molar-refractivity contribution in [2.75, 3.05) is 11.9 Å². The van der Waals surface area contributed by atoms with E-state index in [0.29, 0.717) is 18.5 Å². The van der Waals surface area contributed by atoms with Gasteiger partial charge in [0.25, 0.3) is 5.69 Å². The molecule has 2 aromatic rings. The zero-order valence-corrected chi connectivity index (χ0v) is 26.3. The van der Waals surface area contributed by atoms with Gasteiger partial charge >= 0.3 is 0 Å². The molecular weight excluding hydrogens is 598 g/mol. The van der Waals surface area contributed by atoms with Crippen LogP contribution in [0.1, 0.15) is 52.5 Å². The van der Waals surface area contributed by atoms with Gasteiger partial charge in [0, 0.05) is 44.6 Å². The Hall–Kier alpha value is -5.34. The predicted molar refractivity (Wildman–Crippen MR) is 169 cm³/mol. The van der Waals surface area contributed by atoms with Crippen LogP contribution in [0.4, 0.5) is 11.4 Å². The minimum Gasteiger partial charge on any atom is -0.354 e. The van der Waals surface area contributed by atoms with Gasteiger partial charge in [-0.3, -0.25) is 38.9 Å². The van der Waals surface area contributed by atoms with E-state index in [0.717, 1.165) is 5.56 Å². The second-order valence-electron chi connectivity index (χ2n) is 10.7. The topological polar surface area (TPSA) is 218 Å². The molecule has 46 heavy (non-hydrogen) atoms. The van der Waals surface area contributed by atoms with Gasteiger partial charge in [0.1, 0.15) is 24.2 Å². The summed E-state index contributed by atoms with van der Waals surface area (Å²) in [5.41, 5.74) is 1.01. The van der Waals surface area contributed by atoms with Crippen LogP contribution in [0.3, 0.4) is 0 Å². The molecule has 0 aromatic heterocycles. The highest BCUT2D eigenvalue weighted by atomic mass is 16.6. The van der Waals surface area contributed by atoms with Crippen LogP contribution in [-0.2, 0) is 35.2 Å². The quantitative estimate of drug-likeness (QED) is 0.0834. The molecule has 0 heterocycles. The molecule has 0 radical (unpaired) electrons.